The van der Waals surface area contributed by atoms with Crippen LogP contribution in [0.1, 0.15) is 42.0 Å². The first-order chi connectivity index (χ1) is 17.2. The van der Waals surface area contributed by atoms with Gasteiger partial charge in [0.05, 0.1) is 30.3 Å². The average molecular weight is 488 g/mol. The standard InChI is InChI=1S/C28H33N5O3/c1-20-21(2)33(18-23-11-8-16-36-23)26(24(20)17-29)30-25(34)19-31-12-14-32(15-13-31)27(35)28(3,4)22-9-6-5-7-10-22/h5-11,16H,12-15,18-19H2,1-4H3,(H,30,34). The number of anilines is 1. The minimum absolute atomic E-state index is 0.0955. The van der Waals surface area contributed by atoms with Gasteiger partial charge in [0.25, 0.3) is 0 Å². The van der Waals surface area contributed by atoms with Crippen LogP contribution in [0, 0.1) is 25.2 Å². The number of nitriles is 1. The van der Waals surface area contributed by atoms with Crippen LogP contribution in [-0.4, -0.2) is 58.9 Å². The lowest BCUT2D eigenvalue weighted by atomic mass is 9.83. The predicted octanol–water partition coefficient (Wildman–Crippen LogP) is 3.68. The highest BCUT2D eigenvalue weighted by Gasteiger charge is 2.35. The van der Waals surface area contributed by atoms with Crippen molar-refractivity contribution in [3.8, 4) is 6.07 Å². The number of nitrogens with one attached hydrogen (secondary N) is 1. The van der Waals surface area contributed by atoms with E-state index in [0.717, 1.165) is 22.6 Å². The number of hydrogen-bond acceptors (Lipinski definition) is 5. The van der Waals surface area contributed by atoms with Gasteiger partial charge in [0.1, 0.15) is 17.6 Å². The maximum atomic E-state index is 13.3. The quantitative estimate of drug-likeness (QED) is 0.549. The number of benzene rings is 1. The van der Waals surface area contributed by atoms with Crippen LogP contribution < -0.4 is 5.32 Å². The molecule has 0 saturated carbocycles. The molecule has 36 heavy (non-hydrogen) atoms. The lowest BCUT2D eigenvalue weighted by Gasteiger charge is -2.38. The van der Waals surface area contributed by atoms with Crippen molar-refractivity contribution in [2.24, 2.45) is 0 Å². The second-order valence-electron chi connectivity index (χ2n) is 9.82. The SMILES string of the molecule is Cc1c(C#N)c(NC(=O)CN2CCN(C(=O)C(C)(C)c3ccccc3)CC2)n(Cc2ccco2)c1C. The van der Waals surface area contributed by atoms with Gasteiger partial charge in [-0.25, -0.2) is 0 Å². The molecular weight excluding hydrogens is 454 g/mol. The summed E-state index contributed by atoms with van der Waals surface area (Å²) in [6, 6.07) is 15.7. The number of furan rings is 1. The van der Waals surface area contributed by atoms with Crippen molar-refractivity contribution in [1.82, 2.24) is 14.4 Å². The van der Waals surface area contributed by atoms with Gasteiger partial charge in [-0.15, -0.1) is 0 Å². The van der Waals surface area contributed by atoms with Crippen molar-refractivity contribution >= 4 is 17.6 Å². The van der Waals surface area contributed by atoms with Crippen molar-refractivity contribution in [2.45, 2.75) is 39.7 Å². The van der Waals surface area contributed by atoms with E-state index in [9.17, 15) is 14.9 Å². The Bertz CT molecular complexity index is 1260. The number of carbonyl (C=O) groups excluding carboxylic acids is 2. The zero-order chi connectivity index (χ0) is 25.9. The predicted molar refractivity (Wildman–Crippen MR) is 138 cm³/mol. The Kier molecular flexibility index (Phi) is 7.32. The fourth-order valence-electron chi connectivity index (χ4n) is 4.74. The highest BCUT2D eigenvalue weighted by molar-refractivity contribution is 5.93. The molecule has 0 atom stereocenters. The lowest BCUT2D eigenvalue weighted by molar-refractivity contribution is -0.138. The fraction of sp³-hybridized carbons (Fsp3) is 0.393. The second kappa shape index (κ2) is 10.4. The smallest absolute Gasteiger partial charge is 0.239 e. The van der Waals surface area contributed by atoms with E-state index in [-0.39, 0.29) is 18.4 Å². The van der Waals surface area contributed by atoms with E-state index in [4.69, 9.17) is 4.42 Å². The molecule has 0 bridgehead atoms. The molecule has 188 valence electrons. The molecule has 1 fully saturated rings. The summed E-state index contributed by atoms with van der Waals surface area (Å²) in [5.41, 5.74) is 2.60. The Labute approximate surface area is 212 Å². The van der Waals surface area contributed by atoms with Crippen LogP contribution in [0.2, 0.25) is 0 Å². The second-order valence-corrected chi connectivity index (χ2v) is 9.82. The minimum atomic E-state index is -0.608. The monoisotopic (exact) mass is 487 g/mol. The largest absolute Gasteiger partial charge is 0.467 e. The highest BCUT2D eigenvalue weighted by Crippen LogP contribution is 2.28. The maximum absolute atomic E-state index is 13.3. The van der Waals surface area contributed by atoms with Gasteiger partial charge in [-0.1, -0.05) is 30.3 Å². The molecule has 8 nitrogen and oxygen atoms in total. The van der Waals surface area contributed by atoms with Gasteiger partial charge in [-0.3, -0.25) is 14.5 Å². The summed E-state index contributed by atoms with van der Waals surface area (Å²) in [5, 5.41) is 12.7. The molecule has 2 amide bonds. The summed E-state index contributed by atoms with van der Waals surface area (Å²) in [7, 11) is 0. The highest BCUT2D eigenvalue weighted by atomic mass is 16.3. The molecule has 3 heterocycles. The summed E-state index contributed by atoms with van der Waals surface area (Å²) in [4.78, 5) is 30.2. The van der Waals surface area contributed by atoms with Gasteiger partial charge in [-0.05, 0) is 51.0 Å². The van der Waals surface area contributed by atoms with Crippen molar-refractivity contribution in [2.75, 3.05) is 38.0 Å². The number of aromatic nitrogens is 1. The van der Waals surface area contributed by atoms with Crippen LogP contribution in [-0.2, 0) is 21.5 Å². The van der Waals surface area contributed by atoms with Crippen LogP contribution >= 0.6 is 0 Å². The van der Waals surface area contributed by atoms with E-state index < -0.39 is 5.41 Å². The van der Waals surface area contributed by atoms with Crippen LogP contribution in [0.15, 0.2) is 53.1 Å². The third-order valence-corrected chi connectivity index (χ3v) is 7.15. The summed E-state index contributed by atoms with van der Waals surface area (Å²) in [6.45, 7) is 10.7. The normalized spacial score (nSPS) is 14.5. The summed E-state index contributed by atoms with van der Waals surface area (Å²) < 4.78 is 7.39. The van der Waals surface area contributed by atoms with Gasteiger partial charge in [0, 0.05) is 31.9 Å². The van der Waals surface area contributed by atoms with Crippen LogP contribution in [0.5, 0.6) is 0 Å². The van der Waals surface area contributed by atoms with Crippen molar-refractivity contribution in [3.05, 3.63) is 76.9 Å². The number of carbonyl (C=O) groups is 2. The molecule has 1 aliphatic rings. The Morgan fingerprint density at radius 3 is 2.36 bits per heavy atom. The molecule has 3 aromatic rings. The van der Waals surface area contributed by atoms with Gasteiger partial charge < -0.3 is 19.2 Å². The van der Waals surface area contributed by atoms with Crippen LogP contribution in [0.4, 0.5) is 5.82 Å². The van der Waals surface area contributed by atoms with E-state index in [1.807, 2.05) is 84.5 Å². The van der Waals surface area contributed by atoms with E-state index >= 15 is 0 Å². The van der Waals surface area contributed by atoms with Crippen LogP contribution in [0.25, 0.3) is 0 Å². The third-order valence-electron chi connectivity index (χ3n) is 7.15. The number of hydrogen-bond donors (Lipinski definition) is 1. The first-order valence-corrected chi connectivity index (χ1v) is 12.2. The lowest BCUT2D eigenvalue weighted by Crippen LogP contribution is -2.54. The van der Waals surface area contributed by atoms with Crippen molar-refractivity contribution in [1.29, 1.82) is 5.26 Å². The van der Waals surface area contributed by atoms with E-state index in [1.54, 1.807) is 6.26 Å². The molecule has 1 saturated heterocycles. The molecule has 0 unspecified atom stereocenters. The number of amides is 2. The maximum Gasteiger partial charge on any atom is 0.239 e. The molecule has 1 aliphatic heterocycles. The first kappa shape index (κ1) is 25.3. The molecule has 0 spiro atoms. The minimum Gasteiger partial charge on any atom is -0.467 e. The number of rotatable bonds is 7. The Morgan fingerprint density at radius 1 is 1.06 bits per heavy atom. The van der Waals surface area contributed by atoms with Gasteiger partial charge in [0.2, 0.25) is 11.8 Å². The van der Waals surface area contributed by atoms with Gasteiger partial charge >= 0.3 is 0 Å². The topological polar surface area (TPSA) is 94.5 Å². The average Bonchev–Trinajstić information content (AvgIpc) is 3.47. The molecule has 2 aromatic heterocycles. The van der Waals surface area contributed by atoms with E-state index in [0.29, 0.717) is 44.1 Å². The van der Waals surface area contributed by atoms with Gasteiger partial charge in [0.15, 0.2) is 0 Å². The Hall–Kier alpha value is -3.83. The molecular formula is C28H33N5O3. The molecule has 8 heteroatoms. The van der Waals surface area contributed by atoms with Crippen molar-refractivity contribution < 1.29 is 14.0 Å². The van der Waals surface area contributed by atoms with E-state index in [2.05, 4.69) is 11.4 Å². The molecule has 0 radical (unpaired) electrons. The number of piperazine rings is 1. The van der Waals surface area contributed by atoms with Gasteiger partial charge in [-0.2, -0.15) is 5.26 Å². The molecule has 1 N–H and O–H groups in total. The molecule has 1 aromatic carbocycles. The molecule has 4 rings (SSSR count). The van der Waals surface area contributed by atoms with Crippen LogP contribution in [0.3, 0.4) is 0 Å². The first-order valence-electron chi connectivity index (χ1n) is 12.2. The fourth-order valence-corrected chi connectivity index (χ4v) is 4.74. The Morgan fingerprint density at radius 2 is 1.75 bits per heavy atom. The third kappa shape index (κ3) is 5.07. The Balaban J connectivity index is 1.38. The summed E-state index contributed by atoms with van der Waals surface area (Å²) >= 11 is 0. The zero-order valence-electron chi connectivity index (χ0n) is 21.4. The summed E-state index contributed by atoms with van der Waals surface area (Å²) in [5.74, 6) is 1.15. The van der Waals surface area contributed by atoms with Crippen molar-refractivity contribution in [3.63, 3.8) is 0 Å². The molecule has 0 aliphatic carbocycles. The summed E-state index contributed by atoms with van der Waals surface area (Å²) in [6.07, 6.45) is 1.61. The zero-order valence-corrected chi connectivity index (χ0v) is 21.4. The number of nitrogens with zero attached hydrogens (tertiary/aromatic N) is 4. The van der Waals surface area contributed by atoms with E-state index in [1.165, 1.54) is 0 Å².